The van der Waals surface area contributed by atoms with Gasteiger partial charge in [-0.25, -0.2) is 18.1 Å². The van der Waals surface area contributed by atoms with Crippen LogP contribution in [0.25, 0.3) is 0 Å². The maximum Gasteiger partial charge on any atom is 0.293 e. The molecule has 0 bridgehead atoms. The first-order valence-corrected chi connectivity index (χ1v) is 11.4. The van der Waals surface area contributed by atoms with Gasteiger partial charge in [0.2, 0.25) is 10.0 Å². The largest absolute Gasteiger partial charge is 0.383 e. The second-order valence-corrected chi connectivity index (χ2v) is 9.26. The molecule has 3 rings (SSSR count). The van der Waals surface area contributed by atoms with Crippen LogP contribution in [0.3, 0.4) is 0 Å². The highest BCUT2D eigenvalue weighted by molar-refractivity contribution is 7.89. The maximum atomic E-state index is 12.5. The third kappa shape index (κ3) is 5.01. The Labute approximate surface area is 173 Å². The molecule has 0 saturated carbocycles. The number of hydrogen-bond acceptors (Lipinski definition) is 9. The highest BCUT2D eigenvalue weighted by Crippen LogP contribution is 2.32. The molecule has 0 unspecified atom stereocenters. The molecule has 2 heterocycles. The van der Waals surface area contributed by atoms with Crippen molar-refractivity contribution in [2.24, 2.45) is 0 Å². The van der Waals surface area contributed by atoms with Gasteiger partial charge in [0, 0.05) is 57.0 Å². The van der Waals surface area contributed by atoms with E-state index in [1.54, 1.807) is 24.5 Å². The molecule has 1 fully saturated rings. The molecule has 1 aromatic heterocycles. The predicted molar refractivity (Wildman–Crippen MR) is 111 cm³/mol. The van der Waals surface area contributed by atoms with E-state index in [-0.39, 0.29) is 17.2 Å². The number of methoxy groups -OCH3 is 1. The van der Waals surface area contributed by atoms with Gasteiger partial charge >= 0.3 is 0 Å². The van der Waals surface area contributed by atoms with Crippen molar-refractivity contribution in [3.8, 4) is 0 Å². The van der Waals surface area contributed by atoms with Crippen molar-refractivity contribution < 1.29 is 18.1 Å². The number of aromatic nitrogens is 1. The lowest BCUT2D eigenvalue weighted by atomic mass is 10.2. The van der Waals surface area contributed by atoms with Crippen LogP contribution in [0, 0.1) is 10.1 Å². The summed E-state index contributed by atoms with van der Waals surface area (Å²) in [6, 6.07) is 3.57. The molecule has 0 aliphatic carbocycles. The number of anilines is 2. The number of thiazole rings is 1. The summed E-state index contributed by atoms with van der Waals surface area (Å²) in [5, 5.41) is 14.5. The van der Waals surface area contributed by atoms with Crippen LogP contribution in [0.2, 0.25) is 0 Å². The highest BCUT2D eigenvalue weighted by atomic mass is 32.2. The van der Waals surface area contributed by atoms with Crippen LogP contribution in [0.15, 0.2) is 34.7 Å². The van der Waals surface area contributed by atoms with Gasteiger partial charge < -0.3 is 14.5 Å². The van der Waals surface area contributed by atoms with Crippen LogP contribution >= 0.6 is 11.3 Å². The normalized spacial score (nSPS) is 16.1. The number of hydrogen-bond donors (Lipinski definition) is 1. The minimum Gasteiger partial charge on any atom is -0.383 e. The molecular weight excluding hydrogens is 418 g/mol. The average Bonchev–Trinajstić information content (AvgIpc) is 3.22. The second kappa shape index (κ2) is 9.03. The van der Waals surface area contributed by atoms with E-state index in [4.69, 9.17) is 4.74 Å². The van der Waals surface area contributed by atoms with Crippen LogP contribution in [0.1, 0.15) is 6.92 Å². The van der Waals surface area contributed by atoms with Gasteiger partial charge in [-0.3, -0.25) is 10.1 Å². The van der Waals surface area contributed by atoms with Gasteiger partial charge in [-0.2, -0.15) is 0 Å². The third-order valence-electron chi connectivity index (χ3n) is 4.54. The molecule has 1 N–H and O–H groups in total. The van der Waals surface area contributed by atoms with Gasteiger partial charge in [-0.15, -0.1) is 11.3 Å². The zero-order valence-corrected chi connectivity index (χ0v) is 17.8. The minimum absolute atomic E-state index is 0.141. The predicted octanol–water partition coefficient (Wildman–Crippen LogP) is 1.69. The Kier molecular flexibility index (Phi) is 6.67. The van der Waals surface area contributed by atoms with E-state index < -0.39 is 21.0 Å². The summed E-state index contributed by atoms with van der Waals surface area (Å²) in [5.74, 6) is 0. The number of nitro groups is 1. The Morgan fingerprint density at radius 2 is 2.00 bits per heavy atom. The standard InChI is InChI=1S/C17H23N5O5S2/c1-13(12-27-2)19-29(25,26)14-3-4-15(16(11-14)22(23)24)20-6-8-21(9-7-20)17-18-5-10-28-17/h3-5,10-11,13,19H,6-9,12H2,1-2H3/t13-/m1/s1. The van der Waals surface area contributed by atoms with Crippen molar-refractivity contribution in [3.63, 3.8) is 0 Å². The Bertz CT molecular complexity index is 943. The fourth-order valence-corrected chi connectivity index (χ4v) is 5.16. The molecule has 2 aromatic rings. The molecule has 158 valence electrons. The molecule has 1 aromatic carbocycles. The van der Waals surface area contributed by atoms with E-state index >= 15 is 0 Å². The van der Waals surface area contributed by atoms with Gasteiger partial charge in [0.1, 0.15) is 5.69 Å². The summed E-state index contributed by atoms with van der Waals surface area (Å²) in [6.07, 6.45) is 1.75. The van der Waals surface area contributed by atoms with Crippen molar-refractivity contribution >= 4 is 37.9 Å². The van der Waals surface area contributed by atoms with E-state index in [1.165, 1.54) is 19.2 Å². The quantitative estimate of drug-likeness (QED) is 0.486. The van der Waals surface area contributed by atoms with Crippen LogP contribution in [-0.2, 0) is 14.8 Å². The minimum atomic E-state index is -3.89. The van der Waals surface area contributed by atoms with Crippen molar-refractivity contribution in [3.05, 3.63) is 39.9 Å². The van der Waals surface area contributed by atoms with Crippen molar-refractivity contribution in [1.82, 2.24) is 9.71 Å². The molecule has 0 radical (unpaired) electrons. The second-order valence-electron chi connectivity index (χ2n) is 6.67. The summed E-state index contributed by atoms with van der Waals surface area (Å²) >= 11 is 1.55. The Balaban J connectivity index is 1.79. The van der Waals surface area contributed by atoms with Gasteiger partial charge in [0.25, 0.3) is 5.69 Å². The van der Waals surface area contributed by atoms with Gasteiger partial charge in [0.05, 0.1) is 16.4 Å². The molecule has 10 nitrogen and oxygen atoms in total. The van der Waals surface area contributed by atoms with Crippen molar-refractivity contribution in [2.75, 3.05) is 49.7 Å². The molecule has 1 saturated heterocycles. The lowest BCUT2D eigenvalue weighted by molar-refractivity contribution is -0.384. The summed E-state index contributed by atoms with van der Waals surface area (Å²) in [5.41, 5.74) is 0.188. The first-order valence-electron chi connectivity index (χ1n) is 9.01. The molecular formula is C17H23N5O5S2. The number of piperazine rings is 1. The first-order chi connectivity index (χ1) is 13.8. The third-order valence-corrected chi connectivity index (χ3v) is 6.96. The Hall–Kier alpha value is -2.28. The SMILES string of the molecule is COC[C@@H](C)NS(=O)(=O)c1ccc(N2CCN(c3nccs3)CC2)c([N+](=O)[O-])c1. The number of nitrogens with one attached hydrogen (secondary N) is 1. The summed E-state index contributed by atoms with van der Waals surface area (Å²) in [6.45, 7) is 4.38. The van der Waals surface area contributed by atoms with Gasteiger partial charge in [-0.05, 0) is 19.1 Å². The van der Waals surface area contributed by atoms with E-state index in [9.17, 15) is 18.5 Å². The van der Waals surface area contributed by atoms with Crippen LogP contribution in [-0.4, -0.2) is 64.3 Å². The number of nitrogens with zero attached hydrogens (tertiary/aromatic N) is 4. The van der Waals surface area contributed by atoms with E-state index in [1.807, 2.05) is 10.3 Å². The van der Waals surface area contributed by atoms with E-state index in [0.717, 1.165) is 11.2 Å². The zero-order valence-electron chi connectivity index (χ0n) is 16.1. The summed E-state index contributed by atoms with van der Waals surface area (Å²) < 4.78 is 32.5. The lowest BCUT2D eigenvalue weighted by Crippen LogP contribution is -2.46. The molecule has 1 aliphatic heterocycles. The van der Waals surface area contributed by atoms with Crippen LogP contribution < -0.4 is 14.5 Å². The Morgan fingerprint density at radius 3 is 2.59 bits per heavy atom. The fourth-order valence-electron chi connectivity index (χ4n) is 3.21. The zero-order chi connectivity index (χ0) is 21.0. The highest BCUT2D eigenvalue weighted by Gasteiger charge is 2.27. The number of benzene rings is 1. The summed E-state index contributed by atoms with van der Waals surface area (Å²) in [7, 11) is -2.42. The number of ether oxygens (including phenoxy) is 1. The molecule has 1 aliphatic rings. The Morgan fingerprint density at radius 1 is 1.31 bits per heavy atom. The number of rotatable bonds is 8. The van der Waals surface area contributed by atoms with Crippen LogP contribution in [0.4, 0.5) is 16.5 Å². The van der Waals surface area contributed by atoms with Gasteiger partial charge in [0.15, 0.2) is 5.13 Å². The molecule has 29 heavy (non-hydrogen) atoms. The number of sulfonamides is 1. The number of nitro benzene ring substituents is 1. The van der Waals surface area contributed by atoms with Crippen molar-refractivity contribution in [2.45, 2.75) is 17.9 Å². The topological polar surface area (TPSA) is 118 Å². The molecule has 12 heteroatoms. The lowest BCUT2D eigenvalue weighted by Gasteiger charge is -2.35. The maximum absolute atomic E-state index is 12.5. The molecule has 0 spiro atoms. The smallest absolute Gasteiger partial charge is 0.293 e. The summed E-state index contributed by atoms with van der Waals surface area (Å²) in [4.78, 5) is 19.3. The van der Waals surface area contributed by atoms with E-state index in [2.05, 4.69) is 14.6 Å². The molecule has 1 atom stereocenters. The first kappa shape index (κ1) is 21.4. The van der Waals surface area contributed by atoms with Gasteiger partial charge in [-0.1, -0.05) is 0 Å². The average molecular weight is 442 g/mol. The van der Waals surface area contributed by atoms with E-state index in [0.29, 0.717) is 31.9 Å². The molecule has 0 amide bonds. The fraction of sp³-hybridized carbons (Fsp3) is 0.471. The van der Waals surface area contributed by atoms with Crippen molar-refractivity contribution in [1.29, 1.82) is 0 Å². The monoisotopic (exact) mass is 441 g/mol. The van der Waals surface area contributed by atoms with Crippen LogP contribution in [0.5, 0.6) is 0 Å².